The van der Waals surface area contributed by atoms with Gasteiger partial charge in [0.25, 0.3) is 6.43 Å². The minimum atomic E-state index is -4.89. The van der Waals surface area contributed by atoms with Crippen molar-refractivity contribution in [2.24, 2.45) is 0 Å². The van der Waals surface area contributed by atoms with E-state index in [1.165, 1.54) is 24.3 Å². The predicted octanol–water partition coefficient (Wildman–Crippen LogP) is 5.84. The Hall–Kier alpha value is -1.82. The summed E-state index contributed by atoms with van der Waals surface area (Å²) < 4.78 is 66.4. The molecule has 0 radical (unpaired) electrons. The van der Waals surface area contributed by atoms with Gasteiger partial charge < -0.3 is 4.74 Å². The molecule has 0 saturated heterocycles. The zero-order chi connectivity index (χ0) is 15.6. The molecule has 1 nitrogen and oxygen atoms in total. The number of hydrogen-bond donors (Lipinski definition) is 0. The number of alkyl halides is 5. The molecule has 0 fully saturated rings. The standard InChI is InChI=1S/C14H8ClF5O/c15-11-6-5-8(13(16)17)7-10(11)9-3-1-2-4-12(9)21-14(18,19)20/h1-7,13H. The third-order valence-electron chi connectivity index (χ3n) is 2.65. The maximum Gasteiger partial charge on any atom is 0.573 e. The molecular formula is C14H8ClF5O. The highest BCUT2D eigenvalue weighted by atomic mass is 35.5. The fraction of sp³-hybridized carbons (Fsp3) is 0.143. The molecule has 21 heavy (non-hydrogen) atoms. The summed E-state index contributed by atoms with van der Waals surface area (Å²) in [5.74, 6) is -0.502. The minimum Gasteiger partial charge on any atom is -0.405 e. The van der Waals surface area contributed by atoms with E-state index >= 15 is 0 Å². The topological polar surface area (TPSA) is 9.23 Å². The molecule has 7 heteroatoms. The van der Waals surface area contributed by atoms with E-state index in [4.69, 9.17) is 11.6 Å². The zero-order valence-corrected chi connectivity index (χ0v) is 11.1. The molecule has 0 N–H and O–H groups in total. The SMILES string of the molecule is FC(F)c1ccc(Cl)c(-c2ccccc2OC(F)(F)F)c1. The third kappa shape index (κ3) is 3.85. The normalized spacial score (nSPS) is 11.8. The first-order chi connectivity index (χ1) is 9.78. The summed E-state index contributed by atoms with van der Waals surface area (Å²) in [6.45, 7) is 0. The second-order valence-corrected chi connectivity index (χ2v) is 4.49. The van der Waals surface area contributed by atoms with Crippen LogP contribution in [-0.2, 0) is 0 Å². The van der Waals surface area contributed by atoms with E-state index in [2.05, 4.69) is 4.74 Å². The fourth-order valence-electron chi connectivity index (χ4n) is 1.79. The maximum atomic E-state index is 12.7. The Morgan fingerprint density at radius 3 is 2.24 bits per heavy atom. The first-order valence-corrected chi connectivity index (χ1v) is 6.08. The monoisotopic (exact) mass is 322 g/mol. The molecule has 0 heterocycles. The molecule has 0 atom stereocenters. The Morgan fingerprint density at radius 1 is 0.952 bits per heavy atom. The van der Waals surface area contributed by atoms with Crippen LogP contribution in [0.25, 0.3) is 11.1 Å². The molecule has 2 rings (SSSR count). The number of benzene rings is 2. The van der Waals surface area contributed by atoms with Crippen molar-refractivity contribution in [3.63, 3.8) is 0 Å². The van der Waals surface area contributed by atoms with Gasteiger partial charge in [0.2, 0.25) is 0 Å². The van der Waals surface area contributed by atoms with Crippen molar-refractivity contribution in [1.29, 1.82) is 0 Å². The first kappa shape index (κ1) is 15.6. The Balaban J connectivity index is 2.54. The highest BCUT2D eigenvalue weighted by Crippen LogP contribution is 2.38. The van der Waals surface area contributed by atoms with Crippen molar-refractivity contribution in [3.05, 3.63) is 53.1 Å². The Kier molecular flexibility index (Phi) is 4.37. The first-order valence-electron chi connectivity index (χ1n) is 5.70. The summed E-state index contributed by atoms with van der Waals surface area (Å²) in [5, 5.41) is 0.0534. The molecule has 2 aromatic carbocycles. The van der Waals surface area contributed by atoms with Gasteiger partial charge in [0.05, 0.1) is 0 Å². The molecule has 0 spiro atoms. The van der Waals surface area contributed by atoms with Gasteiger partial charge in [-0.3, -0.25) is 0 Å². The van der Waals surface area contributed by atoms with Crippen molar-refractivity contribution in [1.82, 2.24) is 0 Å². The molecule has 0 aliphatic rings. The van der Waals surface area contributed by atoms with Crippen LogP contribution in [0, 0.1) is 0 Å². The highest BCUT2D eigenvalue weighted by Gasteiger charge is 2.32. The van der Waals surface area contributed by atoms with E-state index in [1.54, 1.807) is 0 Å². The zero-order valence-electron chi connectivity index (χ0n) is 10.3. The van der Waals surface area contributed by atoms with E-state index in [0.717, 1.165) is 18.2 Å². The average Bonchev–Trinajstić information content (AvgIpc) is 2.38. The highest BCUT2D eigenvalue weighted by molar-refractivity contribution is 6.33. The van der Waals surface area contributed by atoms with Gasteiger partial charge in [-0.05, 0) is 18.2 Å². The number of rotatable bonds is 3. The van der Waals surface area contributed by atoms with Crippen LogP contribution in [0.1, 0.15) is 12.0 Å². The second-order valence-electron chi connectivity index (χ2n) is 4.08. The van der Waals surface area contributed by atoms with Crippen LogP contribution in [-0.4, -0.2) is 6.36 Å². The molecule has 0 aromatic heterocycles. The summed E-state index contributed by atoms with van der Waals surface area (Å²) in [6.07, 6.45) is -7.64. The smallest absolute Gasteiger partial charge is 0.405 e. The lowest BCUT2D eigenvalue weighted by Crippen LogP contribution is -2.17. The fourth-order valence-corrected chi connectivity index (χ4v) is 2.01. The van der Waals surface area contributed by atoms with Crippen molar-refractivity contribution in [2.75, 3.05) is 0 Å². The van der Waals surface area contributed by atoms with Gasteiger partial charge in [-0.2, -0.15) is 0 Å². The Labute approximate surface area is 121 Å². The molecule has 0 bridgehead atoms. The van der Waals surface area contributed by atoms with Gasteiger partial charge in [0, 0.05) is 21.7 Å². The van der Waals surface area contributed by atoms with Crippen LogP contribution in [0.5, 0.6) is 5.75 Å². The van der Waals surface area contributed by atoms with E-state index < -0.39 is 18.5 Å². The summed E-state index contributed by atoms with van der Waals surface area (Å²) in [5.41, 5.74) is -0.298. The van der Waals surface area contributed by atoms with Crippen molar-refractivity contribution in [3.8, 4) is 16.9 Å². The maximum absolute atomic E-state index is 12.7. The van der Waals surface area contributed by atoms with Gasteiger partial charge in [-0.1, -0.05) is 35.9 Å². The number of halogens is 6. The summed E-state index contributed by atoms with van der Waals surface area (Å²) in [7, 11) is 0. The number of ether oxygens (including phenoxy) is 1. The van der Waals surface area contributed by atoms with Crippen LogP contribution in [0.4, 0.5) is 22.0 Å². The average molecular weight is 323 g/mol. The molecular weight excluding hydrogens is 315 g/mol. The van der Waals surface area contributed by atoms with Gasteiger partial charge in [0.15, 0.2) is 0 Å². The summed E-state index contributed by atoms with van der Waals surface area (Å²) >= 11 is 5.90. The molecule has 112 valence electrons. The lowest BCUT2D eigenvalue weighted by molar-refractivity contribution is -0.274. The Bertz CT molecular complexity index is 640. The third-order valence-corrected chi connectivity index (χ3v) is 2.97. The van der Waals surface area contributed by atoms with Crippen LogP contribution >= 0.6 is 11.6 Å². The molecule has 0 aliphatic carbocycles. The largest absolute Gasteiger partial charge is 0.573 e. The van der Waals surface area contributed by atoms with Crippen LogP contribution in [0.3, 0.4) is 0 Å². The molecule has 0 aliphatic heterocycles. The number of hydrogen-bond acceptors (Lipinski definition) is 1. The van der Waals surface area contributed by atoms with Crippen molar-refractivity contribution >= 4 is 11.6 Å². The summed E-state index contributed by atoms with van der Waals surface area (Å²) in [6, 6.07) is 8.59. The van der Waals surface area contributed by atoms with E-state index in [-0.39, 0.29) is 21.7 Å². The molecule has 0 amide bonds. The van der Waals surface area contributed by atoms with Gasteiger partial charge >= 0.3 is 6.36 Å². The van der Waals surface area contributed by atoms with Crippen LogP contribution in [0.15, 0.2) is 42.5 Å². The van der Waals surface area contributed by atoms with E-state index in [1.807, 2.05) is 0 Å². The molecule has 0 saturated carbocycles. The minimum absolute atomic E-state index is 0.0117. The van der Waals surface area contributed by atoms with Crippen molar-refractivity contribution < 1.29 is 26.7 Å². The summed E-state index contributed by atoms with van der Waals surface area (Å²) in [4.78, 5) is 0. The Morgan fingerprint density at radius 2 is 1.62 bits per heavy atom. The van der Waals surface area contributed by atoms with Crippen LogP contribution in [0.2, 0.25) is 5.02 Å². The molecule has 0 unspecified atom stereocenters. The van der Waals surface area contributed by atoms with Gasteiger partial charge in [0.1, 0.15) is 5.75 Å². The van der Waals surface area contributed by atoms with Crippen molar-refractivity contribution in [2.45, 2.75) is 12.8 Å². The second kappa shape index (κ2) is 5.89. The van der Waals surface area contributed by atoms with E-state index in [0.29, 0.717) is 0 Å². The quantitative estimate of drug-likeness (QED) is 0.645. The lowest BCUT2D eigenvalue weighted by Gasteiger charge is -2.14. The lowest BCUT2D eigenvalue weighted by atomic mass is 10.0. The van der Waals surface area contributed by atoms with Gasteiger partial charge in [-0.15, -0.1) is 13.2 Å². The van der Waals surface area contributed by atoms with Crippen LogP contribution < -0.4 is 4.74 Å². The predicted molar refractivity (Wildman–Crippen MR) is 68.5 cm³/mol. The van der Waals surface area contributed by atoms with E-state index in [9.17, 15) is 22.0 Å². The molecule has 2 aromatic rings. The van der Waals surface area contributed by atoms with Gasteiger partial charge in [-0.25, -0.2) is 8.78 Å². The number of para-hydroxylation sites is 1.